The third kappa shape index (κ3) is 1.92. The summed E-state index contributed by atoms with van der Waals surface area (Å²) in [5.41, 5.74) is -0.621. The van der Waals surface area contributed by atoms with Crippen molar-refractivity contribution in [3.8, 4) is 0 Å². The molecule has 2 heterocycles. The fraction of sp³-hybridized carbons (Fsp3) is 0.583. The molecule has 0 unspecified atom stereocenters. The molecule has 20 heavy (non-hydrogen) atoms. The van der Waals surface area contributed by atoms with Gasteiger partial charge in [0.05, 0.1) is 12.1 Å². The van der Waals surface area contributed by atoms with E-state index in [1.54, 1.807) is 6.92 Å². The number of H-pyrrole nitrogens is 1. The number of hydrogen-bond acceptors (Lipinski definition) is 5. The fourth-order valence-corrected chi connectivity index (χ4v) is 2.89. The number of amides is 1. The van der Waals surface area contributed by atoms with Crippen LogP contribution in [-0.2, 0) is 4.74 Å². The molecule has 4 atom stereocenters. The SMILES string of the molecule is Cc1cn([C@@H]2CC[C@H]3NC(=O)O[C@H]3[C@H]2O)c(=O)[nH]c1=O. The van der Waals surface area contributed by atoms with Crippen LogP contribution in [0, 0.1) is 6.92 Å². The van der Waals surface area contributed by atoms with Gasteiger partial charge < -0.3 is 15.2 Å². The Hall–Kier alpha value is -2.09. The number of aryl methyl sites for hydroxylation is 1. The number of carbonyl (C=O) groups is 1. The standard InChI is InChI=1S/C12H15N3O5/c1-5-4-15(11(18)14-10(5)17)7-3-2-6-9(8(7)16)20-12(19)13-6/h4,6-9,16H,2-3H2,1H3,(H,13,19)(H,14,17,18)/t6-,7-,8+,9-/m1/s1. The number of aliphatic hydroxyl groups excluding tert-OH is 1. The number of rotatable bonds is 1. The zero-order valence-corrected chi connectivity index (χ0v) is 10.8. The van der Waals surface area contributed by atoms with Crippen LogP contribution in [-0.4, -0.2) is 39.0 Å². The molecule has 1 aliphatic carbocycles. The maximum atomic E-state index is 11.9. The van der Waals surface area contributed by atoms with Gasteiger partial charge in [-0.3, -0.25) is 14.3 Å². The minimum absolute atomic E-state index is 0.228. The molecular formula is C12H15N3O5. The zero-order valence-electron chi connectivity index (χ0n) is 10.8. The minimum Gasteiger partial charge on any atom is -0.441 e. The average molecular weight is 281 g/mol. The van der Waals surface area contributed by atoms with Crippen molar-refractivity contribution in [2.75, 3.05) is 0 Å². The van der Waals surface area contributed by atoms with Crippen molar-refractivity contribution in [3.05, 3.63) is 32.6 Å². The van der Waals surface area contributed by atoms with Gasteiger partial charge >= 0.3 is 11.8 Å². The summed E-state index contributed by atoms with van der Waals surface area (Å²) in [4.78, 5) is 36.7. The largest absolute Gasteiger partial charge is 0.441 e. The molecule has 1 aromatic rings. The summed E-state index contributed by atoms with van der Waals surface area (Å²) in [7, 11) is 0. The van der Waals surface area contributed by atoms with Crippen LogP contribution in [0.1, 0.15) is 24.4 Å². The van der Waals surface area contributed by atoms with Gasteiger partial charge in [-0.25, -0.2) is 9.59 Å². The van der Waals surface area contributed by atoms with Crippen LogP contribution in [0.2, 0.25) is 0 Å². The second kappa shape index (κ2) is 4.48. The Labute approximate surface area is 113 Å². The lowest BCUT2D eigenvalue weighted by Crippen LogP contribution is -2.50. The summed E-state index contributed by atoms with van der Waals surface area (Å²) in [6, 6.07) is -0.750. The number of aliphatic hydroxyl groups is 1. The molecule has 0 aromatic carbocycles. The van der Waals surface area contributed by atoms with E-state index in [0.717, 1.165) is 0 Å². The van der Waals surface area contributed by atoms with E-state index in [-0.39, 0.29) is 6.04 Å². The van der Waals surface area contributed by atoms with Gasteiger partial charge in [0.25, 0.3) is 5.56 Å². The van der Waals surface area contributed by atoms with E-state index in [4.69, 9.17) is 4.74 Å². The molecule has 108 valence electrons. The van der Waals surface area contributed by atoms with Gasteiger partial charge in [0, 0.05) is 11.8 Å². The van der Waals surface area contributed by atoms with Crippen molar-refractivity contribution < 1.29 is 14.6 Å². The Balaban J connectivity index is 1.95. The van der Waals surface area contributed by atoms with Crippen molar-refractivity contribution in [1.29, 1.82) is 0 Å². The molecule has 3 N–H and O–H groups in total. The summed E-state index contributed by atoms with van der Waals surface area (Å²) in [5, 5.41) is 13.0. The average Bonchev–Trinajstić information content (AvgIpc) is 2.77. The normalized spacial score (nSPS) is 32.4. The maximum Gasteiger partial charge on any atom is 0.407 e. The van der Waals surface area contributed by atoms with E-state index in [1.165, 1.54) is 10.8 Å². The van der Waals surface area contributed by atoms with E-state index >= 15 is 0 Å². The lowest BCUT2D eigenvalue weighted by atomic mass is 9.86. The van der Waals surface area contributed by atoms with E-state index in [9.17, 15) is 19.5 Å². The highest BCUT2D eigenvalue weighted by atomic mass is 16.6. The van der Waals surface area contributed by atoms with Gasteiger partial charge in [0.1, 0.15) is 6.10 Å². The van der Waals surface area contributed by atoms with Crippen LogP contribution in [0.3, 0.4) is 0 Å². The molecule has 8 nitrogen and oxygen atoms in total. The molecule has 0 bridgehead atoms. The summed E-state index contributed by atoms with van der Waals surface area (Å²) >= 11 is 0. The highest BCUT2D eigenvalue weighted by Crippen LogP contribution is 2.32. The predicted molar refractivity (Wildman–Crippen MR) is 67.5 cm³/mol. The zero-order chi connectivity index (χ0) is 14.4. The number of alkyl carbamates (subject to hydrolysis) is 1. The quantitative estimate of drug-likeness (QED) is 0.612. The maximum absolute atomic E-state index is 11.9. The highest BCUT2D eigenvalue weighted by Gasteiger charge is 2.46. The molecule has 8 heteroatoms. The number of nitrogens with zero attached hydrogens (tertiary/aromatic N) is 1. The summed E-state index contributed by atoms with van der Waals surface area (Å²) in [6.07, 6.45) is 0.334. The minimum atomic E-state index is -0.990. The Kier molecular flexibility index (Phi) is 2.89. The summed E-state index contributed by atoms with van der Waals surface area (Å²) < 4.78 is 6.35. The van der Waals surface area contributed by atoms with Crippen LogP contribution in [0.25, 0.3) is 0 Å². The van der Waals surface area contributed by atoms with Crippen molar-refractivity contribution in [2.24, 2.45) is 0 Å². The number of aromatic amines is 1. The number of nitrogens with one attached hydrogen (secondary N) is 2. The molecular weight excluding hydrogens is 266 g/mol. The van der Waals surface area contributed by atoms with E-state index in [2.05, 4.69) is 10.3 Å². The van der Waals surface area contributed by atoms with Crippen LogP contribution in [0.4, 0.5) is 4.79 Å². The van der Waals surface area contributed by atoms with E-state index in [1.807, 2.05) is 0 Å². The molecule has 1 saturated carbocycles. The topological polar surface area (TPSA) is 113 Å². The van der Waals surface area contributed by atoms with Crippen LogP contribution in [0.5, 0.6) is 0 Å². The molecule has 2 aliphatic rings. The Morgan fingerprint density at radius 1 is 1.35 bits per heavy atom. The van der Waals surface area contributed by atoms with Gasteiger partial charge in [-0.2, -0.15) is 0 Å². The molecule has 3 rings (SSSR count). The fourth-order valence-electron chi connectivity index (χ4n) is 2.89. The molecule has 1 aromatic heterocycles. The first-order valence-electron chi connectivity index (χ1n) is 6.44. The number of carbonyl (C=O) groups excluding carboxylic acids is 1. The molecule has 0 spiro atoms. The van der Waals surface area contributed by atoms with Gasteiger partial charge in [0.2, 0.25) is 0 Å². The van der Waals surface area contributed by atoms with Gasteiger partial charge in [0.15, 0.2) is 6.10 Å². The molecule has 2 fully saturated rings. The second-order valence-electron chi connectivity index (χ2n) is 5.23. The first kappa shape index (κ1) is 12.9. The van der Waals surface area contributed by atoms with Crippen LogP contribution >= 0.6 is 0 Å². The Bertz CT molecular complexity index is 664. The third-order valence-electron chi connectivity index (χ3n) is 3.95. The molecule has 1 amide bonds. The Morgan fingerprint density at radius 2 is 2.10 bits per heavy atom. The lowest BCUT2D eigenvalue weighted by Gasteiger charge is -2.35. The predicted octanol–water partition coefficient (Wildman–Crippen LogP) is -0.982. The monoisotopic (exact) mass is 281 g/mol. The molecule has 0 radical (unpaired) electrons. The smallest absolute Gasteiger partial charge is 0.407 e. The van der Waals surface area contributed by atoms with Crippen LogP contribution in [0.15, 0.2) is 15.8 Å². The molecule has 1 saturated heterocycles. The number of fused-ring (bicyclic) bond motifs is 1. The van der Waals surface area contributed by atoms with Crippen molar-refractivity contribution >= 4 is 6.09 Å². The van der Waals surface area contributed by atoms with Crippen LogP contribution < -0.4 is 16.6 Å². The highest BCUT2D eigenvalue weighted by molar-refractivity contribution is 5.70. The summed E-state index contributed by atoms with van der Waals surface area (Å²) in [5.74, 6) is 0. The molecule has 1 aliphatic heterocycles. The first-order chi connectivity index (χ1) is 9.47. The third-order valence-corrected chi connectivity index (χ3v) is 3.95. The number of aromatic nitrogens is 2. The van der Waals surface area contributed by atoms with Gasteiger partial charge in [-0.1, -0.05) is 0 Å². The van der Waals surface area contributed by atoms with Crippen molar-refractivity contribution in [2.45, 2.75) is 44.1 Å². The van der Waals surface area contributed by atoms with Gasteiger partial charge in [-0.15, -0.1) is 0 Å². The summed E-state index contributed by atoms with van der Waals surface area (Å²) in [6.45, 7) is 1.59. The first-order valence-corrected chi connectivity index (χ1v) is 6.44. The van der Waals surface area contributed by atoms with E-state index in [0.29, 0.717) is 18.4 Å². The Morgan fingerprint density at radius 3 is 2.85 bits per heavy atom. The van der Waals surface area contributed by atoms with E-state index < -0.39 is 35.6 Å². The lowest BCUT2D eigenvalue weighted by molar-refractivity contribution is -0.0347. The second-order valence-corrected chi connectivity index (χ2v) is 5.23. The number of ether oxygens (including phenoxy) is 1. The number of hydrogen-bond donors (Lipinski definition) is 3. The van der Waals surface area contributed by atoms with Crippen molar-refractivity contribution in [3.63, 3.8) is 0 Å². The van der Waals surface area contributed by atoms with Gasteiger partial charge in [-0.05, 0) is 19.8 Å². The van der Waals surface area contributed by atoms with Crippen molar-refractivity contribution in [1.82, 2.24) is 14.9 Å².